The van der Waals surface area contributed by atoms with Gasteiger partial charge in [-0.1, -0.05) is 188 Å². The van der Waals surface area contributed by atoms with Crippen LogP contribution in [0.25, 0.3) is 28.0 Å². The first-order valence-electron chi connectivity index (χ1n) is 17.2. The Labute approximate surface area is 296 Å². The van der Waals surface area contributed by atoms with Crippen LogP contribution in [0.1, 0.15) is 5.56 Å². The van der Waals surface area contributed by atoms with Crippen LogP contribution in [0.5, 0.6) is 0 Å². The summed E-state index contributed by atoms with van der Waals surface area (Å²) in [5, 5.41) is 6.59. The van der Waals surface area contributed by atoms with Gasteiger partial charge in [0.25, 0.3) is 0 Å². The van der Waals surface area contributed by atoms with Crippen LogP contribution in [0.15, 0.2) is 218 Å². The first kappa shape index (κ1) is 31.1. The molecule has 8 rings (SSSR count). The highest BCUT2D eigenvalue weighted by atomic mass is 28.3. The van der Waals surface area contributed by atoms with E-state index in [1.54, 1.807) is 0 Å². The first-order chi connectivity index (χ1) is 24.8. The summed E-state index contributed by atoms with van der Waals surface area (Å²) in [4.78, 5) is 2.33. The van der Waals surface area contributed by atoms with Crippen molar-refractivity contribution in [1.29, 1.82) is 0 Å². The molecule has 8 aromatic carbocycles. The Kier molecular flexibility index (Phi) is 8.76. The minimum Gasteiger partial charge on any atom is -0.310 e. The van der Waals surface area contributed by atoms with Crippen LogP contribution in [0.2, 0.25) is 0 Å². The topological polar surface area (TPSA) is 3.24 Å². The summed E-state index contributed by atoms with van der Waals surface area (Å²) < 4.78 is 0. The van der Waals surface area contributed by atoms with Crippen LogP contribution in [-0.2, 0) is 0 Å². The Morgan fingerprint density at radius 1 is 0.340 bits per heavy atom. The third-order valence-electron chi connectivity index (χ3n) is 9.59. The summed E-state index contributed by atoms with van der Waals surface area (Å²) in [5.74, 6) is 0. The van der Waals surface area contributed by atoms with Gasteiger partial charge in [0.05, 0.1) is 0 Å². The molecule has 1 nitrogen and oxygen atoms in total. The zero-order chi connectivity index (χ0) is 33.6. The molecular formula is C48H37NSi. The van der Waals surface area contributed by atoms with Crippen LogP contribution in [0, 0.1) is 0 Å². The number of nitrogens with zero attached hydrogens (tertiary/aromatic N) is 1. The molecule has 0 fully saturated rings. The largest absolute Gasteiger partial charge is 0.310 e. The normalized spacial score (nSPS) is 11.5. The lowest BCUT2D eigenvalue weighted by atomic mass is 10.0. The zero-order valence-corrected chi connectivity index (χ0v) is 28.8. The van der Waals surface area contributed by atoms with Gasteiger partial charge in [0.2, 0.25) is 0 Å². The summed E-state index contributed by atoms with van der Waals surface area (Å²) in [5.41, 5.74) is 9.48. The fraction of sp³-hybridized carbons (Fsp3) is 0. The van der Waals surface area contributed by atoms with Crippen molar-refractivity contribution in [3.8, 4) is 11.1 Å². The van der Waals surface area contributed by atoms with Crippen molar-refractivity contribution in [1.82, 2.24) is 0 Å². The monoisotopic (exact) mass is 655 g/mol. The van der Waals surface area contributed by atoms with Crippen molar-refractivity contribution >= 4 is 57.5 Å². The van der Waals surface area contributed by atoms with Gasteiger partial charge in [-0.25, -0.2) is 0 Å². The molecule has 0 saturated carbocycles. The Morgan fingerprint density at radius 2 is 0.760 bits per heavy atom. The van der Waals surface area contributed by atoms with Crippen molar-refractivity contribution in [3.63, 3.8) is 0 Å². The van der Waals surface area contributed by atoms with Gasteiger partial charge in [-0.2, -0.15) is 0 Å². The molecule has 2 heteroatoms. The summed E-state index contributed by atoms with van der Waals surface area (Å²) in [7, 11) is -2.46. The molecule has 0 amide bonds. The van der Waals surface area contributed by atoms with Gasteiger partial charge in [-0.15, -0.1) is 0 Å². The lowest BCUT2D eigenvalue weighted by molar-refractivity contribution is 1.29. The van der Waals surface area contributed by atoms with Gasteiger partial charge in [-0.05, 0) is 79.4 Å². The van der Waals surface area contributed by atoms with Crippen molar-refractivity contribution < 1.29 is 0 Å². The van der Waals surface area contributed by atoms with Crippen LogP contribution >= 0.6 is 0 Å². The quantitative estimate of drug-likeness (QED) is 0.110. The van der Waals surface area contributed by atoms with Crippen molar-refractivity contribution in [2.45, 2.75) is 0 Å². The number of fused-ring (bicyclic) bond motifs is 1. The third kappa shape index (κ3) is 6.21. The average molecular weight is 656 g/mol. The highest BCUT2D eigenvalue weighted by molar-refractivity contribution is 7.15. The molecule has 0 aliphatic rings. The number of para-hydroxylation sites is 1. The maximum absolute atomic E-state index is 2.50. The summed E-state index contributed by atoms with van der Waals surface area (Å²) in [6.07, 6.45) is 2.33. The van der Waals surface area contributed by atoms with Crippen LogP contribution in [0.4, 0.5) is 17.1 Å². The van der Waals surface area contributed by atoms with E-state index >= 15 is 0 Å². The SMILES string of the molecule is C(=C\[Si](c1ccccc1)(c1ccccc1)c1ccccc1)/c1ccc(-c2ccc(N(c3ccccc3)c3ccc4ccccc4c3)cc2)cc1. The zero-order valence-electron chi connectivity index (χ0n) is 27.8. The van der Waals surface area contributed by atoms with E-state index in [1.165, 1.54) is 43.0 Å². The Bertz CT molecular complexity index is 2240. The number of hydrogen-bond donors (Lipinski definition) is 0. The van der Waals surface area contributed by atoms with E-state index in [2.05, 4.69) is 229 Å². The van der Waals surface area contributed by atoms with E-state index in [0.29, 0.717) is 0 Å². The molecule has 0 aliphatic heterocycles. The van der Waals surface area contributed by atoms with Crippen molar-refractivity contribution in [2.75, 3.05) is 4.90 Å². The second kappa shape index (κ2) is 14.1. The van der Waals surface area contributed by atoms with Crippen molar-refractivity contribution in [2.24, 2.45) is 0 Å². The van der Waals surface area contributed by atoms with Crippen LogP contribution in [-0.4, -0.2) is 8.07 Å². The minimum atomic E-state index is -2.46. The fourth-order valence-electron chi connectivity index (χ4n) is 7.04. The molecule has 0 saturated heterocycles. The summed E-state index contributed by atoms with van der Waals surface area (Å²) in [6, 6.07) is 76.8. The van der Waals surface area contributed by atoms with Gasteiger partial charge >= 0.3 is 0 Å². The fourth-order valence-corrected chi connectivity index (χ4v) is 11.2. The smallest absolute Gasteiger partial charge is 0.172 e. The second-order valence-corrected chi connectivity index (χ2v) is 16.3. The summed E-state index contributed by atoms with van der Waals surface area (Å²) in [6.45, 7) is 0. The first-order valence-corrected chi connectivity index (χ1v) is 19.3. The number of anilines is 3. The molecule has 0 radical (unpaired) electrons. The Morgan fingerprint density at radius 3 is 1.30 bits per heavy atom. The van der Waals surface area contributed by atoms with E-state index in [-0.39, 0.29) is 0 Å². The van der Waals surface area contributed by atoms with E-state index in [0.717, 1.165) is 17.1 Å². The highest BCUT2D eigenvalue weighted by Crippen LogP contribution is 2.37. The van der Waals surface area contributed by atoms with E-state index in [4.69, 9.17) is 0 Å². The maximum Gasteiger partial charge on any atom is 0.172 e. The predicted molar refractivity (Wildman–Crippen MR) is 217 cm³/mol. The van der Waals surface area contributed by atoms with Crippen LogP contribution < -0.4 is 20.5 Å². The molecule has 50 heavy (non-hydrogen) atoms. The Balaban J connectivity index is 1.11. The number of rotatable bonds is 9. The maximum atomic E-state index is 2.50. The minimum absolute atomic E-state index is 1.12. The third-order valence-corrected chi connectivity index (χ3v) is 14.0. The van der Waals surface area contributed by atoms with Crippen molar-refractivity contribution in [3.05, 3.63) is 224 Å². The molecule has 0 aromatic heterocycles. The van der Waals surface area contributed by atoms with Crippen LogP contribution in [0.3, 0.4) is 0 Å². The molecule has 8 aromatic rings. The molecular weight excluding hydrogens is 619 g/mol. The predicted octanol–water partition coefficient (Wildman–Crippen LogP) is 10.7. The standard InChI is InChI=1S/C48H37NSi/c1-5-17-43(18-6-1)49(45-34-31-39-15-13-14-16-42(39)37-45)44-32-29-41(30-33-44)40-27-25-38(26-28-40)35-36-50(46-19-7-2-8-20-46,47-21-9-3-10-22-47)48-23-11-4-12-24-48/h1-37H/b36-35+. The van der Waals surface area contributed by atoms with Gasteiger partial charge in [0, 0.05) is 17.1 Å². The van der Waals surface area contributed by atoms with E-state index in [1.807, 2.05) is 0 Å². The highest BCUT2D eigenvalue weighted by Gasteiger charge is 2.36. The van der Waals surface area contributed by atoms with E-state index in [9.17, 15) is 0 Å². The molecule has 0 bridgehead atoms. The number of benzene rings is 8. The molecule has 0 heterocycles. The van der Waals surface area contributed by atoms with Gasteiger partial charge in [0.15, 0.2) is 8.07 Å². The molecule has 0 atom stereocenters. The lowest BCUT2D eigenvalue weighted by Crippen LogP contribution is -2.66. The lowest BCUT2D eigenvalue weighted by Gasteiger charge is -2.30. The molecule has 0 unspecified atom stereocenters. The van der Waals surface area contributed by atoms with Gasteiger partial charge in [0.1, 0.15) is 0 Å². The Hall–Kier alpha value is -6.22. The van der Waals surface area contributed by atoms with E-state index < -0.39 is 8.07 Å². The molecule has 238 valence electrons. The summed E-state index contributed by atoms with van der Waals surface area (Å²) >= 11 is 0. The van der Waals surface area contributed by atoms with Gasteiger partial charge < -0.3 is 4.90 Å². The molecule has 0 spiro atoms. The average Bonchev–Trinajstić information content (AvgIpc) is 3.20. The second-order valence-electron chi connectivity index (χ2n) is 12.6. The molecule has 0 N–H and O–H groups in total. The number of hydrogen-bond acceptors (Lipinski definition) is 1. The van der Waals surface area contributed by atoms with Gasteiger partial charge in [-0.3, -0.25) is 0 Å². The molecule has 0 aliphatic carbocycles.